The molecule has 2 heteroatoms. The molecule has 0 aromatic heterocycles. The van der Waals surface area contributed by atoms with E-state index < -0.39 is 0 Å². The van der Waals surface area contributed by atoms with Crippen LogP contribution >= 0.6 is 0 Å². The molecule has 0 saturated carbocycles. The lowest BCUT2D eigenvalue weighted by Gasteiger charge is -2.30. The second kappa shape index (κ2) is 5.77. The van der Waals surface area contributed by atoms with E-state index in [0.717, 1.165) is 24.0 Å². The van der Waals surface area contributed by atoms with Crippen molar-refractivity contribution in [1.29, 1.82) is 0 Å². The smallest absolute Gasteiger partial charge is 0.170 e. The monoisotopic (exact) mass is 338 g/mol. The first-order valence-electron chi connectivity index (χ1n) is 9.06. The van der Waals surface area contributed by atoms with Crippen molar-refractivity contribution in [2.24, 2.45) is 0 Å². The summed E-state index contributed by atoms with van der Waals surface area (Å²) in [4.78, 5) is 25.8. The standard InChI is InChI=1S/C24H18O2/c25-23(21-13-15-6-1-3-10-19(15)21)17-8-5-9-18(12-17)24(26)22-14-16-7-2-4-11-20(16)22/h1-12,21-22H,13-14H2. The molecule has 3 aromatic carbocycles. The van der Waals surface area contributed by atoms with E-state index in [4.69, 9.17) is 0 Å². The summed E-state index contributed by atoms with van der Waals surface area (Å²) < 4.78 is 0. The fraction of sp³-hybridized carbons (Fsp3) is 0.167. The predicted molar refractivity (Wildman–Crippen MR) is 101 cm³/mol. The zero-order chi connectivity index (χ0) is 17.7. The molecule has 0 bridgehead atoms. The minimum Gasteiger partial charge on any atom is -0.293 e. The largest absolute Gasteiger partial charge is 0.293 e. The molecule has 2 unspecified atom stereocenters. The molecule has 2 aliphatic rings. The third-order valence-corrected chi connectivity index (χ3v) is 5.77. The molecule has 0 fully saturated rings. The quantitative estimate of drug-likeness (QED) is 0.644. The van der Waals surface area contributed by atoms with E-state index in [1.807, 2.05) is 54.6 Å². The number of hydrogen-bond donors (Lipinski definition) is 0. The van der Waals surface area contributed by atoms with Crippen LogP contribution in [0.3, 0.4) is 0 Å². The summed E-state index contributed by atoms with van der Waals surface area (Å²) in [7, 11) is 0. The summed E-state index contributed by atoms with van der Waals surface area (Å²) in [6, 6.07) is 23.5. The van der Waals surface area contributed by atoms with Crippen LogP contribution in [-0.2, 0) is 12.8 Å². The summed E-state index contributed by atoms with van der Waals surface area (Å²) in [5.41, 5.74) is 6.04. The van der Waals surface area contributed by atoms with Crippen molar-refractivity contribution in [3.8, 4) is 0 Å². The third kappa shape index (κ3) is 2.26. The highest BCUT2D eigenvalue weighted by atomic mass is 16.1. The van der Waals surface area contributed by atoms with Crippen molar-refractivity contribution in [3.63, 3.8) is 0 Å². The number of rotatable bonds is 4. The van der Waals surface area contributed by atoms with Crippen LogP contribution in [0, 0.1) is 0 Å². The van der Waals surface area contributed by atoms with Crippen LogP contribution in [0.1, 0.15) is 54.8 Å². The maximum atomic E-state index is 12.9. The number of hydrogen-bond acceptors (Lipinski definition) is 2. The fourth-order valence-electron chi connectivity index (χ4n) is 4.21. The van der Waals surface area contributed by atoms with Crippen molar-refractivity contribution in [3.05, 3.63) is 106 Å². The molecule has 0 radical (unpaired) electrons. The average molecular weight is 338 g/mol. The van der Waals surface area contributed by atoms with Crippen LogP contribution in [0.25, 0.3) is 0 Å². The highest BCUT2D eigenvalue weighted by molar-refractivity contribution is 6.07. The highest BCUT2D eigenvalue weighted by Crippen LogP contribution is 2.39. The Hall–Kier alpha value is -3.00. The van der Waals surface area contributed by atoms with E-state index in [2.05, 4.69) is 12.1 Å². The van der Waals surface area contributed by atoms with Gasteiger partial charge in [0.25, 0.3) is 0 Å². The van der Waals surface area contributed by atoms with E-state index in [9.17, 15) is 9.59 Å². The minimum atomic E-state index is -0.0685. The van der Waals surface area contributed by atoms with Gasteiger partial charge in [-0.3, -0.25) is 9.59 Å². The maximum absolute atomic E-state index is 12.9. The normalized spacial score (nSPS) is 19.5. The molecule has 2 nitrogen and oxygen atoms in total. The molecular formula is C24H18O2. The second-order valence-corrected chi connectivity index (χ2v) is 7.22. The van der Waals surface area contributed by atoms with Gasteiger partial charge in [-0.2, -0.15) is 0 Å². The van der Waals surface area contributed by atoms with E-state index in [0.29, 0.717) is 11.1 Å². The van der Waals surface area contributed by atoms with Gasteiger partial charge >= 0.3 is 0 Å². The first-order valence-corrected chi connectivity index (χ1v) is 9.06. The van der Waals surface area contributed by atoms with Gasteiger partial charge < -0.3 is 0 Å². The SMILES string of the molecule is O=C(c1cccc(C(=O)C2Cc3ccccc32)c1)C1Cc2ccccc21. The number of fused-ring (bicyclic) bond motifs is 2. The average Bonchev–Trinajstić information content (AvgIpc) is 2.63. The number of Topliss-reactive ketones (excluding diaryl/α,β-unsaturated/α-hetero) is 2. The van der Waals surface area contributed by atoms with Crippen LogP contribution in [-0.4, -0.2) is 11.6 Å². The molecule has 0 heterocycles. The molecule has 26 heavy (non-hydrogen) atoms. The van der Waals surface area contributed by atoms with Crippen molar-refractivity contribution < 1.29 is 9.59 Å². The van der Waals surface area contributed by atoms with Crippen LogP contribution < -0.4 is 0 Å². The van der Waals surface area contributed by atoms with Gasteiger partial charge in [-0.05, 0) is 41.2 Å². The van der Waals surface area contributed by atoms with E-state index in [1.54, 1.807) is 6.07 Å². The van der Waals surface area contributed by atoms with E-state index in [1.165, 1.54) is 11.1 Å². The molecule has 0 aliphatic heterocycles. The molecule has 0 saturated heterocycles. The van der Waals surface area contributed by atoms with E-state index >= 15 is 0 Å². The van der Waals surface area contributed by atoms with Crippen molar-refractivity contribution in [2.75, 3.05) is 0 Å². The number of carbonyl (C=O) groups is 2. The Bertz CT molecular complexity index is 967. The van der Waals surface area contributed by atoms with Gasteiger partial charge in [-0.15, -0.1) is 0 Å². The summed E-state index contributed by atoms with van der Waals surface area (Å²) >= 11 is 0. The second-order valence-electron chi connectivity index (χ2n) is 7.22. The maximum Gasteiger partial charge on any atom is 0.170 e. The fourth-order valence-corrected chi connectivity index (χ4v) is 4.21. The molecule has 2 aliphatic carbocycles. The first-order chi connectivity index (χ1) is 12.7. The van der Waals surface area contributed by atoms with Crippen molar-refractivity contribution >= 4 is 11.6 Å². The Morgan fingerprint density at radius 2 is 1.08 bits per heavy atom. The number of ketones is 2. The van der Waals surface area contributed by atoms with Crippen LogP contribution in [0.4, 0.5) is 0 Å². The van der Waals surface area contributed by atoms with Gasteiger partial charge in [-0.1, -0.05) is 66.7 Å². The molecule has 0 amide bonds. The van der Waals surface area contributed by atoms with Gasteiger partial charge in [0.2, 0.25) is 0 Å². The molecule has 2 atom stereocenters. The summed E-state index contributed by atoms with van der Waals surface area (Å²) in [6.45, 7) is 0. The van der Waals surface area contributed by atoms with Crippen LogP contribution in [0.2, 0.25) is 0 Å². The summed E-state index contributed by atoms with van der Waals surface area (Å²) in [6.07, 6.45) is 1.59. The van der Waals surface area contributed by atoms with E-state index in [-0.39, 0.29) is 23.4 Å². The zero-order valence-corrected chi connectivity index (χ0v) is 14.3. The molecule has 3 aromatic rings. The van der Waals surface area contributed by atoms with Crippen LogP contribution in [0.15, 0.2) is 72.8 Å². The zero-order valence-electron chi connectivity index (χ0n) is 14.3. The minimum absolute atomic E-state index is 0.0685. The van der Waals surface area contributed by atoms with Crippen molar-refractivity contribution in [1.82, 2.24) is 0 Å². The highest BCUT2D eigenvalue weighted by Gasteiger charge is 2.34. The van der Waals surface area contributed by atoms with Crippen molar-refractivity contribution in [2.45, 2.75) is 24.7 Å². The molecule has 0 spiro atoms. The van der Waals surface area contributed by atoms with Gasteiger partial charge in [0, 0.05) is 11.1 Å². The lowest BCUT2D eigenvalue weighted by atomic mass is 9.72. The molecule has 0 N–H and O–H groups in total. The molecule has 126 valence electrons. The van der Waals surface area contributed by atoms with Crippen LogP contribution in [0.5, 0.6) is 0 Å². The Kier molecular flexibility index (Phi) is 3.39. The summed E-state index contributed by atoms with van der Waals surface area (Å²) in [5.74, 6) is 0.0988. The molecule has 5 rings (SSSR count). The topological polar surface area (TPSA) is 34.1 Å². The van der Waals surface area contributed by atoms with Gasteiger partial charge in [0.15, 0.2) is 11.6 Å². The Morgan fingerprint density at radius 3 is 1.54 bits per heavy atom. The third-order valence-electron chi connectivity index (χ3n) is 5.77. The Balaban J connectivity index is 1.40. The molecular weight excluding hydrogens is 320 g/mol. The lowest BCUT2D eigenvalue weighted by Crippen LogP contribution is -2.27. The van der Waals surface area contributed by atoms with Gasteiger partial charge in [0.05, 0.1) is 11.8 Å². The first kappa shape index (κ1) is 15.3. The van der Waals surface area contributed by atoms with Gasteiger partial charge in [0.1, 0.15) is 0 Å². The number of carbonyl (C=O) groups excluding carboxylic acids is 2. The lowest BCUT2D eigenvalue weighted by molar-refractivity contribution is 0.0949. The summed E-state index contributed by atoms with van der Waals surface area (Å²) in [5, 5.41) is 0. The predicted octanol–water partition coefficient (Wildman–Crippen LogP) is 4.73. The Labute approximate surface area is 152 Å². The van der Waals surface area contributed by atoms with Gasteiger partial charge in [-0.25, -0.2) is 0 Å². The Morgan fingerprint density at radius 1 is 0.615 bits per heavy atom. The number of benzene rings is 3.